The molecule has 0 bridgehead atoms. The summed E-state index contributed by atoms with van der Waals surface area (Å²) in [5, 5.41) is 6.32. The number of hydrogen-bond acceptors (Lipinski definition) is 2. The van der Waals surface area contributed by atoms with Gasteiger partial charge in [-0.05, 0) is 39.3 Å². The topological polar surface area (TPSA) is 41.1 Å². The summed E-state index contributed by atoms with van der Waals surface area (Å²) in [7, 11) is 0. The average molecular weight is 327 g/mol. The van der Waals surface area contributed by atoms with Crippen LogP contribution in [-0.2, 0) is 4.79 Å². The highest BCUT2D eigenvalue weighted by atomic mass is 79.9. The molecule has 0 heterocycles. The number of rotatable bonds is 5. The van der Waals surface area contributed by atoms with E-state index in [1.54, 1.807) is 0 Å². The van der Waals surface area contributed by atoms with Crippen LogP contribution in [0.1, 0.15) is 45.7 Å². The zero-order chi connectivity index (χ0) is 14.5. The van der Waals surface area contributed by atoms with Crippen LogP contribution in [0.2, 0.25) is 0 Å². The Morgan fingerprint density at radius 1 is 1.32 bits per heavy atom. The van der Waals surface area contributed by atoms with E-state index >= 15 is 0 Å². The number of hydrogen-bond donors (Lipinski definition) is 2. The van der Waals surface area contributed by atoms with Gasteiger partial charge in [-0.25, -0.2) is 0 Å². The predicted octanol–water partition coefficient (Wildman–Crippen LogP) is 3.40. The van der Waals surface area contributed by atoms with Crippen molar-refractivity contribution in [3.05, 3.63) is 34.3 Å². The van der Waals surface area contributed by atoms with E-state index in [1.165, 1.54) is 0 Å². The number of carbonyl (C=O) groups excluding carboxylic acids is 1. The van der Waals surface area contributed by atoms with E-state index in [0.717, 1.165) is 10.0 Å². The van der Waals surface area contributed by atoms with E-state index in [-0.39, 0.29) is 17.5 Å². The van der Waals surface area contributed by atoms with Crippen LogP contribution in [0.3, 0.4) is 0 Å². The van der Waals surface area contributed by atoms with Crippen LogP contribution in [0.4, 0.5) is 0 Å². The second-order valence-corrected chi connectivity index (χ2v) is 6.59. The summed E-state index contributed by atoms with van der Waals surface area (Å²) >= 11 is 3.50. The minimum Gasteiger partial charge on any atom is -0.350 e. The minimum atomic E-state index is 0.0118. The highest BCUT2D eigenvalue weighted by molar-refractivity contribution is 9.10. The van der Waals surface area contributed by atoms with Crippen molar-refractivity contribution >= 4 is 21.8 Å². The van der Waals surface area contributed by atoms with E-state index in [9.17, 15) is 4.79 Å². The first-order valence-corrected chi connectivity index (χ1v) is 7.38. The van der Waals surface area contributed by atoms with Crippen molar-refractivity contribution in [3.63, 3.8) is 0 Å². The third-order valence-electron chi connectivity index (χ3n) is 2.76. The number of benzene rings is 1. The van der Waals surface area contributed by atoms with Crippen LogP contribution in [-0.4, -0.2) is 18.0 Å². The molecule has 0 aliphatic rings. The molecule has 0 radical (unpaired) electrons. The van der Waals surface area contributed by atoms with Gasteiger partial charge in [-0.1, -0.05) is 34.1 Å². The Morgan fingerprint density at radius 3 is 2.53 bits per heavy atom. The lowest BCUT2D eigenvalue weighted by Crippen LogP contribution is -2.38. The number of amides is 1. The van der Waals surface area contributed by atoms with Crippen molar-refractivity contribution in [1.29, 1.82) is 0 Å². The Labute approximate surface area is 124 Å². The molecular weight excluding hydrogens is 304 g/mol. The molecule has 1 rings (SSSR count). The Morgan fingerprint density at radius 2 is 1.95 bits per heavy atom. The predicted molar refractivity (Wildman–Crippen MR) is 83.1 cm³/mol. The highest BCUT2D eigenvalue weighted by Crippen LogP contribution is 2.22. The fourth-order valence-electron chi connectivity index (χ4n) is 1.77. The summed E-state index contributed by atoms with van der Waals surface area (Å²) in [4.78, 5) is 11.9. The van der Waals surface area contributed by atoms with E-state index in [4.69, 9.17) is 0 Å². The van der Waals surface area contributed by atoms with Crippen LogP contribution in [0, 0.1) is 0 Å². The maximum Gasteiger partial charge on any atom is 0.221 e. The Balaban J connectivity index is 2.43. The molecule has 0 saturated carbocycles. The van der Waals surface area contributed by atoms with Crippen molar-refractivity contribution in [1.82, 2.24) is 10.6 Å². The van der Waals surface area contributed by atoms with Crippen molar-refractivity contribution in [3.8, 4) is 0 Å². The van der Waals surface area contributed by atoms with E-state index in [0.29, 0.717) is 13.0 Å². The first kappa shape index (κ1) is 16.2. The van der Waals surface area contributed by atoms with Gasteiger partial charge in [0, 0.05) is 23.0 Å². The van der Waals surface area contributed by atoms with Gasteiger partial charge in [0.1, 0.15) is 0 Å². The maximum absolute atomic E-state index is 11.9. The number of carbonyl (C=O) groups is 1. The summed E-state index contributed by atoms with van der Waals surface area (Å²) in [6.45, 7) is 8.96. The third-order valence-corrected chi connectivity index (χ3v) is 3.48. The lowest BCUT2D eigenvalue weighted by atomic mass is 10.1. The van der Waals surface area contributed by atoms with Gasteiger partial charge >= 0.3 is 0 Å². The van der Waals surface area contributed by atoms with E-state index in [1.807, 2.05) is 31.2 Å². The summed E-state index contributed by atoms with van der Waals surface area (Å²) in [6.07, 6.45) is 0.492. The normalized spacial score (nSPS) is 13.1. The largest absolute Gasteiger partial charge is 0.350 e. The molecular formula is C15H23BrN2O. The average Bonchev–Trinajstić information content (AvgIpc) is 2.27. The molecule has 0 fully saturated rings. The standard InChI is InChI=1S/C15H23BrN2O/c1-11(12-7-5-6-8-13(12)16)18-14(19)9-10-17-15(2,3)4/h5-8,11,17H,9-10H2,1-4H3,(H,18,19)/t11-/m1/s1. The van der Waals surface area contributed by atoms with E-state index < -0.39 is 0 Å². The molecule has 2 N–H and O–H groups in total. The lowest BCUT2D eigenvalue weighted by molar-refractivity contribution is -0.121. The Bertz CT molecular complexity index is 426. The van der Waals surface area contributed by atoms with Crippen molar-refractivity contribution in [2.24, 2.45) is 0 Å². The van der Waals surface area contributed by atoms with Crippen molar-refractivity contribution in [2.75, 3.05) is 6.54 Å². The smallest absolute Gasteiger partial charge is 0.221 e. The number of halogens is 1. The zero-order valence-electron chi connectivity index (χ0n) is 12.1. The summed E-state index contributed by atoms with van der Waals surface area (Å²) in [6, 6.07) is 7.96. The second kappa shape index (κ2) is 7.06. The van der Waals surface area contributed by atoms with Crippen molar-refractivity contribution < 1.29 is 4.79 Å². The van der Waals surface area contributed by atoms with Crippen LogP contribution in [0.25, 0.3) is 0 Å². The quantitative estimate of drug-likeness (QED) is 0.870. The summed E-state index contributed by atoms with van der Waals surface area (Å²) in [5.41, 5.74) is 1.15. The molecule has 1 aromatic carbocycles. The summed E-state index contributed by atoms with van der Waals surface area (Å²) < 4.78 is 1.02. The van der Waals surface area contributed by atoms with Gasteiger partial charge in [-0.3, -0.25) is 4.79 Å². The van der Waals surface area contributed by atoms with Gasteiger partial charge in [-0.2, -0.15) is 0 Å². The van der Waals surface area contributed by atoms with Crippen LogP contribution in [0.5, 0.6) is 0 Å². The second-order valence-electron chi connectivity index (χ2n) is 5.74. The lowest BCUT2D eigenvalue weighted by Gasteiger charge is -2.21. The van der Waals surface area contributed by atoms with E-state index in [2.05, 4.69) is 47.3 Å². The third kappa shape index (κ3) is 6.21. The molecule has 0 saturated heterocycles. The number of nitrogens with one attached hydrogen (secondary N) is 2. The molecule has 3 nitrogen and oxygen atoms in total. The summed E-state index contributed by atoms with van der Waals surface area (Å²) in [5.74, 6) is 0.0694. The molecule has 0 aromatic heterocycles. The fraction of sp³-hybridized carbons (Fsp3) is 0.533. The SMILES string of the molecule is C[C@@H](NC(=O)CCNC(C)(C)C)c1ccccc1Br. The van der Waals surface area contributed by atoms with Gasteiger partial charge in [0.05, 0.1) is 6.04 Å². The molecule has 0 spiro atoms. The fourth-order valence-corrected chi connectivity index (χ4v) is 2.40. The molecule has 1 aromatic rings. The van der Waals surface area contributed by atoms with Crippen molar-refractivity contribution in [2.45, 2.75) is 45.7 Å². The van der Waals surface area contributed by atoms with Crippen LogP contribution >= 0.6 is 15.9 Å². The Hall–Kier alpha value is -0.870. The molecule has 19 heavy (non-hydrogen) atoms. The zero-order valence-corrected chi connectivity index (χ0v) is 13.7. The maximum atomic E-state index is 11.9. The van der Waals surface area contributed by atoms with Gasteiger partial charge in [0.2, 0.25) is 5.91 Å². The molecule has 1 amide bonds. The molecule has 0 aliphatic heterocycles. The van der Waals surface area contributed by atoms with Crippen LogP contribution in [0.15, 0.2) is 28.7 Å². The molecule has 106 valence electrons. The minimum absolute atomic E-state index is 0.0118. The monoisotopic (exact) mass is 326 g/mol. The van der Waals surface area contributed by atoms with Gasteiger partial charge in [0.15, 0.2) is 0 Å². The molecule has 0 aliphatic carbocycles. The Kier molecular flexibility index (Phi) is 6.01. The first-order chi connectivity index (χ1) is 8.79. The highest BCUT2D eigenvalue weighted by Gasteiger charge is 2.13. The molecule has 0 unspecified atom stereocenters. The molecule has 4 heteroatoms. The van der Waals surface area contributed by atoms with Gasteiger partial charge in [0.25, 0.3) is 0 Å². The van der Waals surface area contributed by atoms with Crippen LogP contribution < -0.4 is 10.6 Å². The van der Waals surface area contributed by atoms with Gasteiger partial charge < -0.3 is 10.6 Å². The molecule has 1 atom stereocenters. The first-order valence-electron chi connectivity index (χ1n) is 6.58. The van der Waals surface area contributed by atoms with Gasteiger partial charge in [-0.15, -0.1) is 0 Å².